The first-order chi connectivity index (χ1) is 12.0. The number of hydrogen-bond donors (Lipinski definition) is 1. The van der Waals surface area contributed by atoms with Crippen molar-refractivity contribution in [3.05, 3.63) is 54.2 Å². The monoisotopic (exact) mass is 359 g/mol. The van der Waals surface area contributed by atoms with Gasteiger partial charge in [-0.15, -0.1) is 0 Å². The number of anilines is 1. The highest BCUT2D eigenvalue weighted by atomic mass is 32.2. The van der Waals surface area contributed by atoms with E-state index in [1.54, 1.807) is 48.7 Å². The number of carbonyl (C=O) groups excluding carboxylic acids is 1. The Kier molecular flexibility index (Phi) is 5.15. The third kappa shape index (κ3) is 4.05. The summed E-state index contributed by atoms with van der Waals surface area (Å²) in [7, 11) is -3.58. The predicted molar refractivity (Wildman–Crippen MR) is 95.5 cm³/mol. The van der Waals surface area contributed by atoms with E-state index in [1.807, 2.05) is 6.92 Å². The van der Waals surface area contributed by atoms with Gasteiger partial charge >= 0.3 is 0 Å². The number of nitrogens with one attached hydrogen (secondary N) is 1. The fraction of sp³-hybridized carbons (Fsp3) is 0.333. The van der Waals surface area contributed by atoms with Crippen molar-refractivity contribution in [2.24, 2.45) is 5.92 Å². The number of amides is 1. The van der Waals surface area contributed by atoms with Crippen molar-refractivity contribution in [2.75, 3.05) is 18.4 Å². The van der Waals surface area contributed by atoms with Gasteiger partial charge in [0.15, 0.2) is 0 Å². The second kappa shape index (κ2) is 7.33. The van der Waals surface area contributed by atoms with Crippen LogP contribution < -0.4 is 5.32 Å². The Morgan fingerprint density at radius 1 is 1.20 bits per heavy atom. The zero-order chi connectivity index (χ0) is 17.9. The summed E-state index contributed by atoms with van der Waals surface area (Å²) >= 11 is 0. The van der Waals surface area contributed by atoms with E-state index in [-0.39, 0.29) is 23.3 Å². The van der Waals surface area contributed by atoms with Crippen molar-refractivity contribution in [1.29, 1.82) is 0 Å². The molecule has 1 aliphatic rings. The maximum absolute atomic E-state index is 12.8. The molecule has 1 N–H and O–H groups in total. The van der Waals surface area contributed by atoms with Crippen molar-refractivity contribution in [3.63, 3.8) is 0 Å². The van der Waals surface area contributed by atoms with Crippen LogP contribution in [0.5, 0.6) is 0 Å². The Labute approximate surface area is 147 Å². The molecule has 1 atom stereocenters. The van der Waals surface area contributed by atoms with Crippen molar-refractivity contribution in [3.8, 4) is 0 Å². The summed E-state index contributed by atoms with van der Waals surface area (Å²) in [5.41, 5.74) is 1.00. The van der Waals surface area contributed by atoms with Gasteiger partial charge in [-0.1, -0.05) is 23.8 Å². The number of benzene rings is 1. The van der Waals surface area contributed by atoms with E-state index in [2.05, 4.69) is 10.3 Å². The van der Waals surface area contributed by atoms with Crippen LogP contribution in [0.15, 0.2) is 53.6 Å². The Bertz CT molecular complexity index is 836. The summed E-state index contributed by atoms with van der Waals surface area (Å²) in [5.74, 6) is -0.0931. The number of hydrogen-bond acceptors (Lipinski definition) is 4. The first-order valence-electron chi connectivity index (χ1n) is 8.25. The number of pyridine rings is 1. The lowest BCUT2D eigenvalue weighted by Gasteiger charge is -2.31. The van der Waals surface area contributed by atoms with E-state index >= 15 is 0 Å². The Hall–Kier alpha value is -2.25. The number of sulfonamides is 1. The van der Waals surface area contributed by atoms with Crippen LogP contribution in [0.2, 0.25) is 0 Å². The average Bonchev–Trinajstić information content (AvgIpc) is 2.63. The summed E-state index contributed by atoms with van der Waals surface area (Å²) in [6.07, 6.45) is 2.93. The third-order valence-electron chi connectivity index (χ3n) is 4.33. The Morgan fingerprint density at radius 3 is 2.64 bits per heavy atom. The van der Waals surface area contributed by atoms with Crippen molar-refractivity contribution in [1.82, 2.24) is 9.29 Å². The first kappa shape index (κ1) is 17.6. The van der Waals surface area contributed by atoms with Gasteiger partial charge < -0.3 is 5.32 Å². The second-order valence-electron chi connectivity index (χ2n) is 6.22. The van der Waals surface area contributed by atoms with E-state index in [4.69, 9.17) is 0 Å². The van der Waals surface area contributed by atoms with E-state index in [9.17, 15) is 13.2 Å². The molecule has 1 saturated heterocycles. The molecular formula is C18H21N3O3S. The molecule has 1 aromatic heterocycles. The van der Waals surface area contributed by atoms with Gasteiger partial charge in [0.1, 0.15) is 5.82 Å². The van der Waals surface area contributed by atoms with Crippen molar-refractivity contribution < 1.29 is 13.2 Å². The molecule has 0 aliphatic carbocycles. The quantitative estimate of drug-likeness (QED) is 0.909. The molecule has 2 heterocycles. The summed E-state index contributed by atoms with van der Waals surface area (Å²) in [4.78, 5) is 16.8. The van der Waals surface area contributed by atoms with Crippen LogP contribution >= 0.6 is 0 Å². The van der Waals surface area contributed by atoms with Crippen LogP contribution in [-0.4, -0.2) is 36.7 Å². The number of piperidine rings is 1. The van der Waals surface area contributed by atoms with E-state index in [0.717, 1.165) is 5.56 Å². The normalized spacial score (nSPS) is 18.7. The van der Waals surface area contributed by atoms with Gasteiger partial charge in [0.2, 0.25) is 15.9 Å². The average molecular weight is 359 g/mol. The molecule has 132 valence electrons. The van der Waals surface area contributed by atoms with E-state index < -0.39 is 10.0 Å². The molecule has 1 aliphatic heterocycles. The summed E-state index contributed by atoms with van der Waals surface area (Å²) in [6, 6.07) is 12.1. The highest BCUT2D eigenvalue weighted by molar-refractivity contribution is 7.89. The first-order valence-corrected chi connectivity index (χ1v) is 9.69. The molecule has 1 aromatic carbocycles. The number of aryl methyl sites for hydroxylation is 1. The third-order valence-corrected chi connectivity index (χ3v) is 6.21. The minimum Gasteiger partial charge on any atom is -0.310 e. The summed E-state index contributed by atoms with van der Waals surface area (Å²) in [6.45, 7) is 2.54. The SMILES string of the molecule is Cc1ccc(S(=O)(=O)N2CCCC(C(=O)Nc3ccccn3)C2)cc1. The Balaban J connectivity index is 1.72. The summed E-state index contributed by atoms with van der Waals surface area (Å²) < 4.78 is 27.0. The van der Waals surface area contributed by atoms with E-state index in [0.29, 0.717) is 25.2 Å². The largest absolute Gasteiger partial charge is 0.310 e. The lowest BCUT2D eigenvalue weighted by Crippen LogP contribution is -2.43. The van der Waals surface area contributed by atoms with Crippen LogP contribution in [0.25, 0.3) is 0 Å². The topological polar surface area (TPSA) is 79.4 Å². The maximum atomic E-state index is 12.8. The van der Waals surface area contributed by atoms with Gasteiger partial charge in [0.25, 0.3) is 0 Å². The zero-order valence-electron chi connectivity index (χ0n) is 14.1. The maximum Gasteiger partial charge on any atom is 0.243 e. The standard InChI is InChI=1S/C18H21N3O3S/c1-14-7-9-16(10-8-14)25(23,24)21-12-4-5-15(13-21)18(22)20-17-6-2-3-11-19-17/h2-3,6-11,15H,4-5,12-13H2,1H3,(H,19,20,22). The van der Waals surface area contributed by atoms with Gasteiger partial charge in [-0.05, 0) is 44.0 Å². The molecule has 0 spiro atoms. The fourth-order valence-corrected chi connectivity index (χ4v) is 4.42. The molecule has 25 heavy (non-hydrogen) atoms. The van der Waals surface area contributed by atoms with Crippen molar-refractivity contribution in [2.45, 2.75) is 24.7 Å². The van der Waals surface area contributed by atoms with Crippen molar-refractivity contribution >= 4 is 21.7 Å². The van der Waals surface area contributed by atoms with Crippen LogP contribution in [0, 0.1) is 12.8 Å². The van der Waals surface area contributed by atoms with Crippen LogP contribution in [0.3, 0.4) is 0 Å². The van der Waals surface area contributed by atoms with E-state index in [1.165, 1.54) is 4.31 Å². The smallest absolute Gasteiger partial charge is 0.243 e. The summed E-state index contributed by atoms with van der Waals surface area (Å²) in [5, 5.41) is 2.76. The molecule has 7 heteroatoms. The highest BCUT2D eigenvalue weighted by Crippen LogP contribution is 2.24. The highest BCUT2D eigenvalue weighted by Gasteiger charge is 2.33. The zero-order valence-corrected chi connectivity index (χ0v) is 14.9. The molecule has 1 amide bonds. The van der Waals surface area contributed by atoms with Crippen LogP contribution in [0.1, 0.15) is 18.4 Å². The van der Waals surface area contributed by atoms with Gasteiger partial charge in [0, 0.05) is 19.3 Å². The van der Waals surface area contributed by atoms with Gasteiger partial charge in [0.05, 0.1) is 10.8 Å². The fourth-order valence-electron chi connectivity index (χ4n) is 2.90. The molecule has 0 radical (unpaired) electrons. The van der Waals surface area contributed by atoms with Crippen LogP contribution in [-0.2, 0) is 14.8 Å². The number of rotatable bonds is 4. The lowest BCUT2D eigenvalue weighted by molar-refractivity contribution is -0.120. The molecule has 0 bridgehead atoms. The Morgan fingerprint density at radius 2 is 1.96 bits per heavy atom. The van der Waals surface area contributed by atoms with Gasteiger partial charge in [-0.3, -0.25) is 4.79 Å². The molecule has 2 aromatic rings. The number of nitrogens with zero attached hydrogens (tertiary/aromatic N) is 2. The molecule has 6 nitrogen and oxygen atoms in total. The number of aromatic nitrogens is 1. The molecular weight excluding hydrogens is 338 g/mol. The predicted octanol–water partition coefficient (Wildman–Crippen LogP) is 2.43. The number of carbonyl (C=O) groups is 1. The van der Waals surface area contributed by atoms with Crippen LogP contribution in [0.4, 0.5) is 5.82 Å². The lowest BCUT2D eigenvalue weighted by atomic mass is 9.99. The second-order valence-corrected chi connectivity index (χ2v) is 8.16. The molecule has 0 saturated carbocycles. The van der Waals surface area contributed by atoms with Gasteiger partial charge in [-0.25, -0.2) is 13.4 Å². The molecule has 3 rings (SSSR count). The van der Waals surface area contributed by atoms with Gasteiger partial charge in [-0.2, -0.15) is 4.31 Å². The molecule has 1 unspecified atom stereocenters. The molecule has 1 fully saturated rings. The minimum absolute atomic E-state index is 0.189. The minimum atomic E-state index is -3.58.